The summed E-state index contributed by atoms with van der Waals surface area (Å²) in [4.78, 5) is 16.2. The standard InChI is InChI=1S/C27H27Cl2F6N5O2/c28-19-11-16(12-20(29)22(19)41)13-21(24(42)38-25(14-36)5-6-25)37-23(27(33,34)35)17-1-3-18(4-2-17)40-9-7-39(8-10-40)15-26(30,31)32/h1-4,11-12,21,23,37,41H,5-10,13,15H2,(H,38,42)/t21-,23-/m0/s1. The molecule has 0 spiro atoms. The van der Waals surface area contributed by atoms with Crippen LogP contribution in [0, 0.1) is 11.3 Å². The van der Waals surface area contributed by atoms with E-state index in [4.69, 9.17) is 23.2 Å². The first-order valence-corrected chi connectivity index (χ1v) is 13.7. The highest BCUT2D eigenvalue weighted by Gasteiger charge is 2.47. The largest absolute Gasteiger partial charge is 0.505 e. The van der Waals surface area contributed by atoms with Crippen molar-refractivity contribution in [1.29, 1.82) is 5.26 Å². The summed E-state index contributed by atoms with van der Waals surface area (Å²) in [5.74, 6) is -1.23. The van der Waals surface area contributed by atoms with Crippen LogP contribution < -0.4 is 15.5 Å². The first-order chi connectivity index (χ1) is 19.6. The third kappa shape index (κ3) is 8.12. The summed E-state index contributed by atoms with van der Waals surface area (Å²) in [5, 5.41) is 23.9. The Kier molecular flexibility index (Phi) is 9.42. The number of anilines is 1. The lowest BCUT2D eigenvalue weighted by Crippen LogP contribution is -2.52. The van der Waals surface area contributed by atoms with Gasteiger partial charge < -0.3 is 15.3 Å². The van der Waals surface area contributed by atoms with Crippen molar-refractivity contribution in [3.8, 4) is 11.8 Å². The van der Waals surface area contributed by atoms with Crippen LogP contribution in [0.1, 0.15) is 30.0 Å². The summed E-state index contributed by atoms with van der Waals surface area (Å²) in [5.41, 5.74) is -0.499. The minimum absolute atomic E-state index is 0.144. The molecule has 0 aromatic heterocycles. The summed E-state index contributed by atoms with van der Waals surface area (Å²) in [6.07, 6.45) is -8.70. The molecule has 2 fully saturated rings. The number of hydrogen-bond acceptors (Lipinski definition) is 6. The maximum atomic E-state index is 14.4. The number of benzene rings is 2. The van der Waals surface area contributed by atoms with Gasteiger partial charge in [-0.2, -0.15) is 31.6 Å². The number of phenols is 1. The molecule has 2 aromatic carbocycles. The number of nitrogens with zero attached hydrogens (tertiary/aromatic N) is 3. The lowest BCUT2D eigenvalue weighted by molar-refractivity contribution is -0.161. The average molecular weight is 638 g/mol. The van der Waals surface area contributed by atoms with Crippen LogP contribution in [0.5, 0.6) is 5.75 Å². The molecule has 7 nitrogen and oxygen atoms in total. The van der Waals surface area contributed by atoms with E-state index in [9.17, 15) is 41.5 Å². The number of amides is 1. The van der Waals surface area contributed by atoms with E-state index in [1.54, 1.807) is 4.90 Å². The van der Waals surface area contributed by atoms with Crippen LogP contribution in [-0.2, 0) is 11.2 Å². The van der Waals surface area contributed by atoms with Gasteiger partial charge in [0.15, 0.2) is 5.75 Å². The number of carbonyl (C=O) groups excluding carboxylic acids is 1. The summed E-state index contributed by atoms with van der Waals surface area (Å²) >= 11 is 12.0. The second kappa shape index (κ2) is 12.4. The van der Waals surface area contributed by atoms with Gasteiger partial charge >= 0.3 is 12.4 Å². The van der Waals surface area contributed by atoms with Gasteiger partial charge in [0.1, 0.15) is 11.6 Å². The molecule has 0 radical (unpaired) electrons. The van der Waals surface area contributed by atoms with E-state index in [-0.39, 0.29) is 53.8 Å². The molecule has 1 saturated carbocycles. The molecule has 1 amide bonds. The molecule has 3 N–H and O–H groups in total. The Morgan fingerprint density at radius 3 is 2.07 bits per heavy atom. The minimum Gasteiger partial charge on any atom is -0.505 e. The maximum Gasteiger partial charge on any atom is 0.407 e. The number of hydrogen-bond donors (Lipinski definition) is 3. The Bertz CT molecular complexity index is 1300. The van der Waals surface area contributed by atoms with Crippen LogP contribution in [0.3, 0.4) is 0 Å². The Morgan fingerprint density at radius 2 is 1.60 bits per heavy atom. The van der Waals surface area contributed by atoms with E-state index in [1.807, 2.05) is 6.07 Å². The molecule has 0 bridgehead atoms. The van der Waals surface area contributed by atoms with Crippen LogP contribution >= 0.6 is 23.2 Å². The van der Waals surface area contributed by atoms with Gasteiger partial charge in [0.05, 0.1) is 28.7 Å². The molecule has 2 aromatic rings. The van der Waals surface area contributed by atoms with Gasteiger partial charge in [0, 0.05) is 31.9 Å². The predicted octanol–water partition coefficient (Wildman–Crippen LogP) is 5.36. The van der Waals surface area contributed by atoms with Crippen molar-refractivity contribution < 1.29 is 36.2 Å². The fraction of sp³-hybridized carbons (Fsp3) is 0.481. The number of aromatic hydroxyl groups is 1. The van der Waals surface area contributed by atoms with Crippen molar-refractivity contribution in [3.63, 3.8) is 0 Å². The first-order valence-electron chi connectivity index (χ1n) is 13.0. The molecule has 2 atom stereocenters. The fourth-order valence-electron chi connectivity index (χ4n) is 4.79. The molecule has 15 heteroatoms. The average Bonchev–Trinajstić information content (AvgIpc) is 3.68. The second-order valence-corrected chi connectivity index (χ2v) is 11.3. The molecular weight excluding hydrogens is 611 g/mol. The molecule has 2 aliphatic rings. The van der Waals surface area contributed by atoms with Crippen LogP contribution in [0.25, 0.3) is 0 Å². The zero-order valence-electron chi connectivity index (χ0n) is 22.0. The molecule has 1 heterocycles. The highest BCUT2D eigenvalue weighted by Crippen LogP contribution is 2.37. The highest BCUT2D eigenvalue weighted by molar-refractivity contribution is 6.37. The monoisotopic (exact) mass is 637 g/mol. The quantitative estimate of drug-likeness (QED) is 0.321. The van der Waals surface area contributed by atoms with Gasteiger partial charge in [-0.1, -0.05) is 35.3 Å². The van der Waals surface area contributed by atoms with Gasteiger partial charge in [-0.15, -0.1) is 0 Å². The van der Waals surface area contributed by atoms with E-state index in [0.717, 1.165) is 0 Å². The smallest absolute Gasteiger partial charge is 0.407 e. The van der Waals surface area contributed by atoms with E-state index in [0.29, 0.717) is 18.5 Å². The van der Waals surface area contributed by atoms with E-state index in [1.165, 1.54) is 41.3 Å². The Hall–Kier alpha value is -2.92. The number of halogens is 8. The van der Waals surface area contributed by atoms with Crippen LogP contribution in [0.4, 0.5) is 32.0 Å². The zero-order chi connectivity index (χ0) is 30.9. The number of alkyl halides is 6. The molecule has 0 unspecified atom stereocenters. The minimum atomic E-state index is -4.83. The molecule has 228 valence electrons. The molecule has 4 rings (SSSR count). The normalized spacial score (nSPS) is 18.7. The summed E-state index contributed by atoms with van der Waals surface area (Å²) in [6, 6.07) is 6.21. The number of rotatable bonds is 9. The van der Waals surface area contributed by atoms with Gasteiger partial charge in [-0.3, -0.25) is 15.0 Å². The summed E-state index contributed by atoms with van der Waals surface area (Å²) in [6.45, 7) is -0.167. The third-order valence-electron chi connectivity index (χ3n) is 7.22. The maximum absolute atomic E-state index is 14.4. The van der Waals surface area contributed by atoms with E-state index >= 15 is 0 Å². The number of nitriles is 1. The molecule has 1 aliphatic carbocycles. The van der Waals surface area contributed by atoms with Crippen LogP contribution in [0.2, 0.25) is 10.0 Å². The van der Waals surface area contributed by atoms with Crippen molar-refractivity contribution in [2.45, 2.75) is 49.2 Å². The number of carbonyl (C=O) groups is 1. The first kappa shape index (κ1) is 32.0. The zero-order valence-corrected chi connectivity index (χ0v) is 23.5. The molecule has 1 aliphatic heterocycles. The third-order valence-corrected chi connectivity index (χ3v) is 7.80. The lowest BCUT2D eigenvalue weighted by Gasteiger charge is -2.36. The Balaban J connectivity index is 1.53. The van der Waals surface area contributed by atoms with Crippen molar-refractivity contribution in [2.24, 2.45) is 0 Å². The Labute approximate surface area is 248 Å². The van der Waals surface area contributed by atoms with Crippen molar-refractivity contribution in [2.75, 3.05) is 37.6 Å². The fourth-order valence-corrected chi connectivity index (χ4v) is 5.32. The van der Waals surface area contributed by atoms with Crippen molar-refractivity contribution in [3.05, 3.63) is 57.6 Å². The second-order valence-electron chi connectivity index (χ2n) is 10.5. The van der Waals surface area contributed by atoms with E-state index < -0.39 is 48.2 Å². The van der Waals surface area contributed by atoms with Crippen LogP contribution in [-0.4, -0.2) is 72.6 Å². The molecule has 1 saturated heterocycles. The van der Waals surface area contributed by atoms with Gasteiger partial charge in [-0.25, -0.2) is 0 Å². The molecular formula is C27H27Cl2F6N5O2. The molecule has 42 heavy (non-hydrogen) atoms. The number of nitrogens with one attached hydrogen (secondary N) is 2. The SMILES string of the molecule is N#CC1(NC(=O)[C@H](Cc2cc(Cl)c(O)c(Cl)c2)N[C@@H](c2ccc(N3CCN(CC(F)(F)F)CC3)cc2)C(F)(F)F)CC1. The van der Waals surface area contributed by atoms with Crippen molar-refractivity contribution in [1.82, 2.24) is 15.5 Å². The Morgan fingerprint density at radius 1 is 1.02 bits per heavy atom. The van der Waals surface area contributed by atoms with Gasteiger partial charge in [0.2, 0.25) is 5.91 Å². The highest BCUT2D eigenvalue weighted by atomic mass is 35.5. The number of piperazine rings is 1. The lowest BCUT2D eigenvalue weighted by atomic mass is 10.00. The summed E-state index contributed by atoms with van der Waals surface area (Å²) < 4.78 is 81.1. The van der Waals surface area contributed by atoms with Crippen molar-refractivity contribution >= 4 is 34.8 Å². The van der Waals surface area contributed by atoms with Gasteiger partial charge in [-0.05, 0) is 54.7 Å². The summed E-state index contributed by atoms with van der Waals surface area (Å²) in [7, 11) is 0. The van der Waals surface area contributed by atoms with E-state index in [2.05, 4.69) is 10.6 Å². The topological polar surface area (TPSA) is 91.6 Å². The number of phenolic OH excluding ortho intramolecular Hbond substituents is 1. The predicted molar refractivity (Wildman–Crippen MR) is 144 cm³/mol. The van der Waals surface area contributed by atoms with Crippen LogP contribution in [0.15, 0.2) is 36.4 Å². The van der Waals surface area contributed by atoms with Gasteiger partial charge in [0.25, 0.3) is 0 Å².